The second-order valence-electron chi connectivity index (χ2n) is 8.74. The average Bonchev–Trinajstić information content (AvgIpc) is 2.72. The Morgan fingerprint density at radius 2 is 1.79 bits per heavy atom. The van der Waals surface area contributed by atoms with Crippen LogP contribution >= 0.6 is 23.2 Å². The number of hydrogen-bond donors (Lipinski definition) is 2. The van der Waals surface area contributed by atoms with Crippen LogP contribution in [0.25, 0.3) is 0 Å². The Morgan fingerprint density at radius 1 is 1.06 bits per heavy atom. The molecular formula is C25H28Cl2N2O5. The Labute approximate surface area is 209 Å². The van der Waals surface area contributed by atoms with E-state index in [0.717, 1.165) is 5.56 Å². The molecule has 1 aliphatic heterocycles. The predicted molar refractivity (Wildman–Crippen MR) is 131 cm³/mol. The first-order chi connectivity index (χ1) is 16.0. The number of ether oxygens (including phenoxy) is 3. The molecule has 182 valence electrons. The number of carbonyl (C=O) groups excluding carboxylic acids is 2. The first-order valence-corrected chi connectivity index (χ1v) is 11.6. The zero-order valence-corrected chi connectivity index (χ0v) is 21.3. The van der Waals surface area contributed by atoms with Crippen LogP contribution in [0.5, 0.6) is 11.5 Å². The van der Waals surface area contributed by atoms with Crippen molar-refractivity contribution in [2.45, 2.75) is 52.9 Å². The summed E-state index contributed by atoms with van der Waals surface area (Å²) in [4.78, 5) is 25.2. The third kappa shape index (κ3) is 6.36. The molecular weight excluding hydrogens is 479 g/mol. The van der Waals surface area contributed by atoms with Gasteiger partial charge in [-0.25, -0.2) is 9.59 Å². The summed E-state index contributed by atoms with van der Waals surface area (Å²) in [6, 6.07) is 9.32. The van der Waals surface area contributed by atoms with E-state index in [-0.39, 0.29) is 6.61 Å². The van der Waals surface area contributed by atoms with Gasteiger partial charge in [0.25, 0.3) is 0 Å². The summed E-state index contributed by atoms with van der Waals surface area (Å²) >= 11 is 12.2. The van der Waals surface area contributed by atoms with Crippen molar-refractivity contribution in [2.24, 2.45) is 0 Å². The normalized spacial score (nSPS) is 16.0. The minimum absolute atomic E-state index is 0.210. The molecule has 2 amide bonds. The minimum atomic E-state index is -0.720. The molecule has 7 nitrogen and oxygen atoms in total. The monoisotopic (exact) mass is 506 g/mol. The van der Waals surface area contributed by atoms with Crippen LogP contribution in [0.3, 0.4) is 0 Å². The van der Waals surface area contributed by atoms with Gasteiger partial charge in [-0.1, -0.05) is 35.3 Å². The van der Waals surface area contributed by atoms with Crippen molar-refractivity contribution in [3.05, 3.63) is 68.8 Å². The van der Waals surface area contributed by atoms with Gasteiger partial charge in [0.15, 0.2) is 11.5 Å². The molecule has 0 radical (unpaired) electrons. The molecule has 0 aliphatic carbocycles. The van der Waals surface area contributed by atoms with Crippen LogP contribution in [0, 0.1) is 0 Å². The van der Waals surface area contributed by atoms with Crippen molar-refractivity contribution < 1.29 is 23.8 Å². The number of urea groups is 1. The highest BCUT2D eigenvalue weighted by Gasteiger charge is 2.34. The molecule has 34 heavy (non-hydrogen) atoms. The van der Waals surface area contributed by atoms with E-state index in [1.165, 1.54) is 0 Å². The number of nitrogens with one attached hydrogen (secondary N) is 2. The van der Waals surface area contributed by atoms with Gasteiger partial charge in [0.1, 0.15) is 12.2 Å². The summed E-state index contributed by atoms with van der Waals surface area (Å²) < 4.78 is 17.3. The van der Waals surface area contributed by atoms with Crippen molar-refractivity contribution in [2.75, 3.05) is 6.61 Å². The van der Waals surface area contributed by atoms with Gasteiger partial charge < -0.3 is 24.8 Å². The highest BCUT2D eigenvalue weighted by Crippen LogP contribution is 2.36. The maximum absolute atomic E-state index is 13.0. The highest BCUT2D eigenvalue weighted by molar-refractivity contribution is 6.35. The minimum Gasteiger partial charge on any atom is -0.490 e. The molecule has 2 aromatic rings. The standard InChI is InChI=1S/C25H28Cl2N2O5/c1-6-32-20-11-15(8-10-19(20)33-13-16-7-9-17(26)12-18(16)27)22-21(14(2)28-24(31)29-22)23(30)34-25(3,4)5/h7-12,22H,6,13H2,1-5H3,(H2,28,29,31). The molecule has 0 spiro atoms. The number of hydrogen-bond acceptors (Lipinski definition) is 5. The number of allylic oxidation sites excluding steroid dienone is 1. The second-order valence-corrected chi connectivity index (χ2v) is 9.58. The van der Waals surface area contributed by atoms with Crippen molar-refractivity contribution in [3.63, 3.8) is 0 Å². The quantitative estimate of drug-likeness (QED) is 0.453. The van der Waals surface area contributed by atoms with Crippen molar-refractivity contribution in [1.29, 1.82) is 0 Å². The number of benzene rings is 2. The largest absolute Gasteiger partial charge is 0.490 e. The van der Waals surface area contributed by atoms with Gasteiger partial charge in [-0.15, -0.1) is 0 Å². The van der Waals surface area contributed by atoms with E-state index in [2.05, 4.69) is 10.6 Å². The summed E-state index contributed by atoms with van der Waals surface area (Å²) in [5.74, 6) is 0.452. The van der Waals surface area contributed by atoms with E-state index in [0.29, 0.717) is 45.0 Å². The average molecular weight is 507 g/mol. The molecule has 3 rings (SSSR count). The molecule has 0 saturated heterocycles. The fourth-order valence-corrected chi connectivity index (χ4v) is 3.90. The van der Waals surface area contributed by atoms with Gasteiger partial charge in [0.2, 0.25) is 0 Å². The van der Waals surface area contributed by atoms with Gasteiger partial charge in [0.05, 0.1) is 18.2 Å². The van der Waals surface area contributed by atoms with Gasteiger partial charge in [-0.05, 0) is 64.4 Å². The summed E-state index contributed by atoms with van der Waals surface area (Å²) in [6.07, 6.45) is 0. The van der Waals surface area contributed by atoms with Gasteiger partial charge in [-0.3, -0.25) is 0 Å². The Morgan fingerprint density at radius 3 is 2.44 bits per heavy atom. The summed E-state index contributed by atoms with van der Waals surface area (Å²) in [6.45, 7) is 9.50. The van der Waals surface area contributed by atoms with Gasteiger partial charge >= 0.3 is 12.0 Å². The molecule has 9 heteroatoms. The van der Waals surface area contributed by atoms with Gasteiger partial charge in [0, 0.05) is 21.3 Å². The Hall–Kier alpha value is -2.90. The van der Waals surface area contributed by atoms with E-state index in [1.807, 2.05) is 6.92 Å². The second kappa shape index (κ2) is 10.6. The Kier molecular flexibility index (Phi) is 8.00. The first-order valence-electron chi connectivity index (χ1n) is 10.8. The molecule has 1 aliphatic rings. The number of amides is 2. The molecule has 0 bridgehead atoms. The van der Waals surface area contributed by atoms with Crippen LogP contribution in [0.4, 0.5) is 4.79 Å². The number of carbonyl (C=O) groups is 2. The summed E-state index contributed by atoms with van der Waals surface area (Å²) in [5.41, 5.74) is 1.48. The molecule has 1 atom stereocenters. The zero-order valence-electron chi connectivity index (χ0n) is 19.8. The van der Waals surface area contributed by atoms with Crippen LogP contribution in [0.15, 0.2) is 47.7 Å². The molecule has 0 aromatic heterocycles. The zero-order chi connectivity index (χ0) is 25.0. The van der Waals surface area contributed by atoms with Crippen molar-refractivity contribution >= 4 is 35.2 Å². The first kappa shape index (κ1) is 25.7. The molecule has 1 unspecified atom stereocenters. The fourth-order valence-electron chi connectivity index (χ4n) is 3.43. The van der Waals surface area contributed by atoms with Crippen LogP contribution in [0.2, 0.25) is 10.0 Å². The van der Waals surface area contributed by atoms with Crippen LogP contribution < -0.4 is 20.1 Å². The smallest absolute Gasteiger partial charge is 0.338 e. The summed E-state index contributed by atoms with van der Waals surface area (Å²) in [5, 5.41) is 6.49. The third-order valence-corrected chi connectivity index (χ3v) is 5.47. The van der Waals surface area contributed by atoms with Crippen LogP contribution in [-0.2, 0) is 16.1 Å². The number of rotatable bonds is 7. The van der Waals surface area contributed by atoms with Gasteiger partial charge in [-0.2, -0.15) is 0 Å². The lowest BCUT2D eigenvalue weighted by molar-refractivity contribution is -0.150. The van der Waals surface area contributed by atoms with Crippen LogP contribution in [-0.4, -0.2) is 24.2 Å². The maximum atomic E-state index is 13.0. The predicted octanol–water partition coefficient (Wildman–Crippen LogP) is 5.94. The lowest BCUT2D eigenvalue weighted by atomic mass is 9.95. The summed E-state index contributed by atoms with van der Waals surface area (Å²) in [7, 11) is 0. The van der Waals surface area contributed by atoms with E-state index < -0.39 is 23.6 Å². The number of halogens is 2. The Bertz CT molecular complexity index is 1120. The molecule has 0 saturated carbocycles. The topological polar surface area (TPSA) is 85.9 Å². The van der Waals surface area contributed by atoms with Crippen molar-refractivity contribution in [3.8, 4) is 11.5 Å². The lowest BCUT2D eigenvalue weighted by Crippen LogP contribution is -2.46. The third-order valence-electron chi connectivity index (χ3n) is 4.89. The molecule has 0 fully saturated rings. The lowest BCUT2D eigenvalue weighted by Gasteiger charge is -2.30. The highest BCUT2D eigenvalue weighted by atomic mass is 35.5. The van der Waals surface area contributed by atoms with E-state index in [4.69, 9.17) is 37.4 Å². The molecule has 1 heterocycles. The van der Waals surface area contributed by atoms with E-state index in [9.17, 15) is 9.59 Å². The number of esters is 1. The van der Waals surface area contributed by atoms with E-state index in [1.54, 1.807) is 64.1 Å². The maximum Gasteiger partial charge on any atom is 0.338 e. The Balaban J connectivity index is 1.92. The van der Waals surface area contributed by atoms with Crippen molar-refractivity contribution in [1.82, 2.24) is 10.6 Å². The molecule has 2 aromatic carbocycles. The van der Waals surface area contributed by atoms with Crippen LogP contribution in [0.1, 0.15) is 51.8 Å². The fraction of sp³-hybridized carbons (Fsp3) is 0.360. The van der Waals surface area contributed by atoms with E-state index >= 15 is 0 Å². The molecule has 2 N–H and O–H groups in total. The SMILES string of the molecule is CCOc1cc(C2NC(=O)NC(C)=C2C(=O)OC(C)(C)C)ccc1OCc1ccc(Cl)cc1Cl.